The van der Waals surface area contributed by atoms with Gasteiger partial charge in [-0.2, -0.15) is 0 Å². The molecule has 1 fully saturated rings. The van der Waals surface area contributed by atoms with E-state index in [1.165, 1.54) is 35.1 Å². The third-order valence-electron chi connectivity index (χ3n) is 4.17. The highest BCUT2D eigenvalue weighted by molar-refractivity contribution is 5.47. The van der Waals surface area contributed by atoms with E-state index < -0.39 is 0 Å². The topological polar surface area (TPSA) is 26.0 Å². The number of nitrogens with two attached hydrogens (primary N) is 1. The molecule has 0 amide bonds. The Bertz CT molecular complexity index is 410. The van der Waals surface area contributed by atoms with Crippen molar-refractivity contribution in [3.63, 3.8) is 0 Å². The Kier molecular flexibility index (Phi) is 2.86. The standard InChI is InChI=1S/C16H25N/c1-11-8-13(15(3,4)5)9-12(2)14(11)16(10-17)6-7-16/h8-9H,6-7,10,17H2,1-5H3. The highest BCUT2D eigenvalue weighted by Gasteiger charge is 2.44. The van der Waals surface area contributed by atoms with Crippen molar-refractivity contribution in [2.24, 2.45) is 5.73 Å². The number of hydrogen-bond acceptors (Lipinski definition) is 1. The zero-order valence-electron chi connectivity index (χ0n) is 11.9. The first-order valence-electron chi connectivity index (χ1n) is 6.62. The second kappa shape index (κ2) is 3.84. The summed E-state index contributed by atoms with van der Waals surface area (Å²) in [4.78, 5) is 0. The zero-order valence-corrected chi connectivity index (χ0v) is 11.9. The van der Waals surface area contributed by atoms with Crippen molar-refractivity contribution in [2.75, 3.05) is 6.54 Å². The Morgan fingerprint density at radius 2 is 1.59 bits per heavy atom. The van der Waals surface area contributed by atoms with Crippen LogP contribution < -0.4 is 5.73 Å². The van der Waals surface area contributed by atoms with Crippen molar-refractivity contribution in [1.82, 2.24) is 0 Å². The lowest BCUT2D eigenvalue weighted by molar-refractivity contribution is 0.587. The van der Waals surface area contributed by atoms with Gasteiger partial charge in [-0.1, -0.05) is 32.9 Å². The lowest BCUT2D eigenvalue weighted by Crippen LogP contribution is -2.23. The summed E-state index contributed by atoms with van der Waals surface area (Å²) >= 11 is 0. The Morgan fingerprint density at radius 3 is 1.88 bits per heavy atom. The largest absolute Gasteiger partial charge is 0.330 e. The normalized spacial score (nSPS) is 18.2. The molecule has 1 aromatic rings. The fourth-order valence-electron chi connectivity index (χ4n) is 2.94. The van der Waals surface area contributed by atoms with Gasteiger partial charge in [0.25, 0.3) is 0 Å². The van der Waals surface area contributed by atoms with Crippen LogP contribution in [0.5, 0.6) is 0 Å². The Morgan fingerprint density at radius 1 is 1.12 bits per heavy atom. The molecule has 0 aromatic heterocycles. The van der Waals surface area contributed by atoms with Crippen molar-refractivity contribution < 1.29 is 0 Å². The van der Waals surface area contributed by atoms with Crippen LogP contribution in [-0.2, 0) is 10.8 Å². The summed E-state index contributed by atoms with van der Waals surface area (Å²) < 4.78 is 0. The van der Waals surface area contributed by atoms with Gasteiger partial charge < -0.3 is 5.73 Å². The molecule has 0 atom stereocenters. The highest BCUT2D eigenvalue weighted by atomic mass is 14.7. The first kappa shape index (κ1) is 12.6. The predicted octanol–water partition coefficient (Wildman–Crippen LogP) is 3.59. The fourth-order valence-corrected chi connectivity index (χ4v) is 2.94. The molecule has 2 rings (SSSR count). The van der Waals surface area contributed by atoms with Crippen LogP contribution >= 0.6 is 0 Å². The van der Waals surface area contributed by atoms with Crippen LogP contribution in [0.15, 0.2) is 12.1 Å². The van der Waals surface area contributed by atoms with Crippen molar-refractivity contribution >= 4 is 0 Å². The molecule has 0 bridgehead atoms. The van der Waals surface area contributed by atoms with Gasteiger partial charge in [0.15, 0.2) is 0 Å². The average molecular weight is 231 g/mol. The van der Waals surface area contributed by atoms with Gasteiger partial charge >= 0.3 is 0 Å². The summed E-state index contributed by atoms with van der Waals surface area (Å²) in [6.07, 6.45) is 2.53. The summed E-state index contributed by atoms with van der Waals surface area (Å²) in [7, 11) is 0. The number of benzene rings is 1. The summed E-state index contributed by atoms with van der Waals surface area (Å²) in [5, 5.41) is 0. The van der Waals surface area contributed by atoms with Crippen molar-refractivity contribution in [3.05, 3.63) is 34.4 Å². The minimum atomic E-state index is 0.230. The highest BCUT2D eigenvalue weighted by Crippen LogP contribution is 2.50. The molecule has 2 N–H and O–H groups in total. The molecule has 94 valence electrons. The van der Waals surface area contributed by atoms with Crippen molar-refractivity contribution in [1.29, 1.82) is 0 Å². The van der Waals surface area contributed by atoms with Crippen LogP contribution in [0, 0.1) is 13.8 Å². The number of aryl methyl sites for hydroxylation is 2. The molecule has 1 nitrogen and oxygen atoms in total. The Hall–Kier alpha value is -0.820. The van der Waals surface area contributed by atoms with Crippen LogP contribution in [0.4, 0.5) is 0 Å². The molecule has 0 radical (unpaired) electrons. The summed E-state index contributed by atoms with van der Waals surface area (Å²) in [6, 6.07) is 4.72. The van der Waals surface area contributed by atoms with Gasteiger partial charge in [0.05, 0.1) is 0 Å². The lowest BCUT2D eigenvalue weighted by Gasteiger charge is -2.25. The molecule has 0 unspecified atom stereocenters. The van der Waals surface area contributed by atoms with Gasteiger partial charge in [-0.15, -0.1) is 0 Å². The average Bonchev–Trinajstić information content (AvgIpc) is 2.96. The molecular weight excluding hydrogens is 206 g/mol. The van der Waals surface area contributed by atoms with Crippen LogP contribution in [0.2, 0.25) is 0 Å². The lowest BCUT2D eigenvalue weighted by atomic mass is 9.80. The van der Waals surface area contributed by atoms with Crippen LogP contribution in [0.3, 0.4) is 0 Å². The van der Waals surface area contributed by atoms with E-state index in [2.05, 4.69) is 46.8 Å². The molecule has 0 heterocycles. The van der Waals surface area contributed by atoms with Gasteiger partial charge in [-0.05, 0) is 54.4 Å². The maximum atomic E-state index is 5.96. The van der Waals surface area contributed by atoms with E-state index in [4.69, 9.17) is 5.73 Å². The van der Waals surface area contributed by atoms with E-state index in [0.717, 1.165) is 6.54 Å². The Balaban J connectivity index is 2.51. The molecule has 0 spiro atoms. The maximum Gasteiger partial charge on any atom is 0.00814 e. The van der Waals surface area contributed by atoms with Gasteiger partial charge in [0.1, 0.15) is 0 Å². The summed E-state index contributed by atoms with van der Waals surface area (Å²) in [6.45, 7) is 12.1. The molecule has 1 saturated carbocycles. The van der Waals surface area contributed by atoms with E-state index in [9.17, 15) is 0 Å². The van der Waals surface area contributed by atoms with Gasteiger partial charge in [-0.3, -0.25) is 0 Å². The first-order chi connectivity index (χ1) is 7.80. The molecule has 1 aromatic carbocycles. The van der Waals surface area contributed by atoms with Crippen LogP contribution in [0.25, 0.3) is 0 Å². The molecule has 1 heteroatoms. The van der Waals surface area contributed by atoms with Crippen molar-refractivity contribution in [2.45, 2.75) is 58.3 Å². The smallest absolute Gasteiger partial charge is 0.00814 e. The molecule has 1 aliphatic carbocycles. The number of hydrogen-bond donors (Lipinski definition) is 1. The summed E-state index contributed by atoms with van der Waals surface area (Å²) in [5.74, 6) is 0. The molecule has 0 saturated heterocycles. The minimum absolute atomic E-state index is 0.230. The van der Waals surface area contributed by atoms with Gasteiger partial charge in [-0.25, -0.2) is 0 Å². The zero-order chi connectivity index (χ0) is 12.8. The second-order valence-electron chi connectivity index (χ2n) is 6.72. The van der Waals surface area contributed by atoms with Crippen LogP contribution in [-0.4, -0.2) is 6.54 Å². The van der Waals surface area contributed by atoms with E-state index in [1.54, 1.807) is 0 Å². The van der Waals surface area contributed by atoms with E-state index in [-0.39, 0.29) is 5.41 Å². The second-order valence-corrected chi connectivity index (χ2v) is 6.72. The molecular formula is C16H25N. The van der Waals surface area contributed by atoms with E-state index >= 15 is 0 Å². The monoisotopic (exact) mass is 231 g/mol. The van der Waals surface area contributed by atoms with E-state index in [0.29, 0.717) is 5.41 Å². The van der Waals surface area contributed by atoms with E-state index in [1.807, 2.05) is 0 Å². The van der Waals surface area contributed by atoms with Gasteiger partial charge in [0, 0.05) is 12.0 Å². The molecule has 17 heavy (non-hydrogen) atoms. The minimum Gasteiger partial charge on any atom is -0.330 e. The third-order valence-corrected chi connectivity index (χ3v) is 4.17. The maximum absolute atomic E-state index is 5.96. The predicted molar refractivity (Wildman–Crippen MR) is 74.6 cm³/mol. The quantitative estimate of drug-likeness (QED) is 0.827. The first-order valence-corrected chi connectivity index (χ1v) is 6.62. The molecule has 1 aliphatic rings. The van der Waals surface area contributed by atoms with Crippen molar-refractivity contribution in [3.8, 4) is 0 Å². The number of rotatable bonds is 2. The Labute approximate surface area is 105 Å². The van der Waals surface area contributed by atoms with Gasteiger partial charge in [0.2, 0.25) is 0 Å². The third kappa shape index (κ3) is 2.13. The van der Waals surface area contributed by atoms with Crippen LogP contribution in [0.1, 0.15) is 55.9 Å². The fraction of sp³-hybridized carbons (Fsp3) is 0.625. The SMILES string of the molecule is Cc1cc(C(C)(C)C)cc(C)c1C1(CN)CC1. The summed E-state index contributed by atoms with van der Waals surface area (Å²) in [5.41, 5.74) is 12.3. The molecule has 0 aliphatic heterocycles.